The first kappa shape index (κ1) is 14.9. The predicted molar refractivity (Wildman–Crippen MR) is 87.1 cm³/mol. The van der Waals surface area contributed by atoms with Crippen molar-refractivity contribution in [3.63, 3.8) is 0 Å². The fraction of sp³-hybridized carbons (Fsp3) is 0.588. The van der Waals surface area contributed by atoms with E-state index in [2.05, 4.69) is 22.5 Å². The molecule has 2 aromatic rings. The number of imidazole rings is 1. The molecule has 0 amide bonds. The molecule has 4 rings (SSSR count). The molecule has 6 heteroatoms. The summed E-state index contributed by atoms with van der Waals surface area (Å²) in [6.07, 6.45) is 7.06. The maximum Gasteiger partial charge on any atom is 0.142 e. The van der Waals surface area contributed by atoms with Crippen LogP contribution < -0.4 is 0 Å². The fourth-order valence-electron chi connectivity index (χ4n) is 3.77. The Balaban J connectivity index is 1.70. The number of epoxide rings is 1. The maximum atomic E-state index is 8.89. The molecule has 2 aliphatic rings. The van der Waals surface area contributed by atoms with E-state index < -0.39 is 0 Å². The summed E-state index contributed by atoms with van der Waals surface area (Å²) in [5.41, 5.74) is 1.93. The van der Waals surface area contributed by atoms with Gasteiger partial charge in [0.15, 0.2) is 0 Å². The zero-order valence-electron chi connectivity index (χ0n) is 13.1. The molecule has 0 N–H and O–H groups in total. The third-order valence-electron chi connectivity index (χ3n) is 5.10. The summed E-state index contributed by atoms with van der Waals surface area (Å²) in [4.78, 5) is 8.92. The van der Waals surface area contributed by atoms with Crippen molar-refractivity contribution >= 4 is 22.6 Å². The van der Waals surface area contributed by atoms with Gasteiger partial charge in [-0.25, -0.2) is 9.97 Å². The molecule has 0 spiro atoms. The second-order valence-corrected chi connectivity index (χ2v) is 7.02. The molecule has 0 bridgehead atoms. The van der Waals surface area contributed by atoms with Crippen LogP contribution in [0, 0.1) is 17.2 Å². The van der Waals surface area contributed by atoms with Gasteiger partial charge in [0.2, 0.25) is 0 Å². The minimum Gasteiger partial charge on any atom is -0.361 e. The van der Waals surface area contributed by atoms with Gasteiger partial charge in [0.1, 0.15) is 22.6 Å². The number of nitrogens with zero attached hydrogens (tertiary/aromatic N) is 4. The van der Waals surface area contributed by atoms with Gasteiger partial charge in [-0.1, -0.05) is 11.6 Å². The highest BCUT2D eigenvalue weighted by Gasteiger charge is 2.41. The van der Waals surface area contributed by atoms with Crippen molar-refractivity contribution in [3.8, 4) is 6.07 Å². The third-order valence-corrected chi connectivity index (χ3v) is 5.30. The second-order valence-electron chi connectivity index (χ2n) is 6.63. The molecule has 2 aromatic heterocycles. The molecule has 1 saturated heterocycles. The van der Waals surface area contributed by atoms with Gasteiger partial charge in [0, 0.05) is 18.5 Å². The highest BCUT2D eigenvalue weighted by atomic mass is 35.5. The number of hydrogen-bond donors (Lipinski definition) is 0. The standard InChI is InChI=1S/C17H19ClN4O/c1-10-16(23-10)17-21-13-9-20-15(18)8-14(13)22(17)12-4-2-11(3-5-12)6-7-19/h8-12,16H,2-6H2,1H3/t10?,11-,12-,16?. The number of rotatable bonds is 3. The Labute approximate surface area is 140 Å². The Morgan fingerprint density at radius 2 is 2.13 bits per heavy atom. The van der Waals surface area contributed by atoms with Crippen LogP contribution in [-0.4, -0.2) is 20.6 Å². The topological polar surface area (TPSA) is 67.0 Å². The van der Waals surface area contributed by atoms with Gasteiger partial charge in [0.05, 0.1) is 23.9 Å². The molecular weight excluding hydrogens is 312 g/mol. The zero-order valence-corrected chi connectivity index (χ0v) is 13.8. The summed E-state index contributed by atoms with van der Waals surface area (Å²) in [5.74, 6) is 1.54. The average Bonchev–Trinajstić information content (AvgIpc) is 3.15. The van der Waals surface area contributed by atoms with Crippen molar-refractivity contribution < 1.29 is 4.74 Å². The number of nitriles is 1. The lowest BCUT2D eigenvalue weighted by molar-refractivity contribution is 0.272. The molecule has 2 unspecified atom stereocenters. The summed E-state index contributed by atoms with van der Waals surface area (Å²) >= 11 is 6.11. The lowest BCUT2D eigenvalue weighted by Crippen LogP contribution is -2.20. The smallest absolute Gasteiger partial charge is 0.142 e. The molecule has 5 nitrogen and oxygen atoms in total. The van der Waals surface area contributed by atoms with E-state index in [9.17, 15) is 0 Å². The van der Waals surface area contributed by atoms with Crippen LogP contribution in [0.25, 0.3) is 11.0 Å². The van der Waals surface area contributed by atoms with E-state index in [0.29, 0.717) is 23.5 Å². The minimum atomic E-state index is 0.0815. The van der Waals surface area contributed by atoms with Crippen LogP contribution in [0.1, 0.15) is 57.0 Å². The summed E-state index contributed by atoms with van der Waals surface area (Å²) in [7, 11) is 0. The van der Waals surface area contributed by atoms with Gasteiger partial charge < -0.3 is 9.30 Å². The summed E-state index contributed by atoms with van der Waals surface area (Å²) in [6, 6.07) is 4.61. The van der Waals surface area contributed by atoms with Crippen molar-refractivity contribution in [2.24, 2.45) is 5.92 Å². The lowest BCUT2D eigenvalue weighted by Gasteiger charge is -2.29. The molecule has 3 heterocycles. The molecule has 0 aromatic carbocycles. The van der Waals surface area contributed by atoms with Crippen LogP contribution in [0.4, 0.5) is 0 Å². The molecule has 0 radical (unpaired) electrons. The molecule has 120 valence electrons. The van der Waals surface area contributed by atoms with E-state index in [1.165, 1.54) is 0 Å². The molecular formula is C17H19ClN4O. The SMILES string of the molecule is CC1OC1c1nc2cnc(Cl)cc2n1[C@H]1CC[C@H](CC#N)CC1. The van der Waals surface area contributed by atoms with Crippen LogP contribution in [-0.2, 0) is 4.74 Å². The van der Waals surface area contributed by atoms with Gasteiger partial charge in [-0.3, -0.25) is 0 Å². The van der Waals surface area contributed by atoms with E-state index in [4.69, 9.17) is 26.6 Å². The molecule has 23 heavy (non-hydrogen) atoms. The lowest BCUT2D eigenvalue weighted by atomic mass is 9.84. The van der Waals surface area contributed by atoms with Crippen LogP contribution in [0.15, 0.2) is 12.3 Å². The van der Waals surface area contributed by atoms with Crippen molar-refractivity contribution in [3.05, 3.63) is 23.2 Å². The molecule has 1 aliphatic carbocycles. The van der Waals surface area contributed by atoms with Crippen molar-refractivity contribution in [1.82, 2.24) is 14.5 Å². The number of halogens is 1. The van der Waals surface area contributed by atoms with Crippen LogP contribution in [0.5, 0.6) is 0 Å². The largest absolute Gasteiger partial charge is 0.361 e. The van der Waals surface area contributed by atoms with Gasteiger partial charge in [-0.15, -0.1) is 0 Å². The molecule has 1 saturated carbocycles. The Morgan fingerprint density at radius 3 is 2.78 bits per heavy atom. The van der Waals surface area contributed by atoms with Crippen molar-refractivity contribution in [1.29, 1.82) is 5.26 Å². The second kappa shape index (κ2) is 5.77. The fourth-order valence-corrected chi connectivity index (χ4v) is 3.92. The van der Waals surface area contributed by atoms with Crippen molar-refractivity contribution in [2.45, 2.75) is 57.3 Å². The highest BCUT2D eigenvalue weighted by molar-refractivity contribution is 6.29. The van der Waals surface area contributed by atoms with Crippen LogP contribution >= 0.6 is 11.6 Å². The van der Waals surface area contributed by atoms with Crippen molar-refractivity contribution in [2.75, 3.05) is 0 Å². The first-order valence-corrected chi connectivity index (χ1v) is 8.61. The maximum absolute atomic E-state index is 8.89. The molecule has 2 atom stereocenters. The van der Waals surface area contributed by atoms with E-state index in [0.717, 1.165) is 42.5 Å². The number of ether oxygens (including phenoxy) is 1. The minimum absolute atomic E-state index is 0.0815. The Morgan fingerprint density at radius 1 is 1.39 bits per heavy atom. The number of pyridine rings is 1. The van der Waals surface area contributed by atoms with E-state index >= 15 is 0 Å². The van der Waals surface area contributed by atoms with Gasteiger partial charge in [-0.2, -0.15) is 5.26 Å². The quantitative estimate of drug-likeness (QED) is 0.625. The van der Waals surface area contributed by atoms with E-state index in [1.54, 1.807) is 6.20 Å². The van der Waals surface area contributed by atoms with Gasteiger partial charge >= 0.3 is 0 Å². The number of hydrogen-bond acceptors (Lipinski definition) is 4. The zero-order chi connectivity index (χ0) is 16.0. The Kier molecular flexibility index (Phi) is 3.74. The van der Waals surface area contributed by atoms with Crippen LogP contribution in [0.2, 0.25) is 5.15 Å². The van der Waals surface area contributed by atoms with Gasteiger partial charge in [0.25, 0.3) is 0 Å². The predicted octanol–water partition coefficient (Wildman–Crippen LogP) is 4.19. The normalized spacial score (nSPS) is 30.3. The third kappa shape index (κ3) is 2.71. The molecule has 1 aliphatic heterocycles. The Hall–Kier alpha value is -1.64. The van der Waals surface area contributed by atoms with E-state index in [1.807, 2.05) is 6.07 Å². The first-order chi connectivity index (χ1) is 11.2. The average molecular weight is 331 g/mol. The summed E-state index contributed by atoms with van der Waals surface area (Å²) < 4.78 is 7.99. The molecule has 2 fully saturated rings. The summed E-state index contributed by atoms with van der Waals surface area (Å²) in [5, 5.41) is 9.38. The monoisotopic (exact) mass is 330 g/mol. The van der Waals surface area contributed by atoms with E-state index in [-0.39, 0.29) is 12.2 Å². The number of aromatic nitrogens is 3. The van der Waals surface area contributed by atoms with Gasteiger partial charge in [-0.05, 0) is 38.5 Å². The first-order valence-electron chi connectivity index (χ1n) is 8.23. The Bertz CT molecular complexity index is 773. The van der Waals surface area contributed by atoms with Crippen LogP contribution in [0.3, 0.4) is 0 Å². The summed E-state index contributed by atoms with van der Waals surface area (Å²) in [6.45, 7) is 2.07. The highest BCUT2D eigenvalue weighted by Crippen LogP contribution is 2.43. The number of fused-ring (bicyclic) bond motifs is 1.